The van der Waals surface area contributed by atoms with Crippen molar-refractivity contribution in [1.29, 1.82) is 0 Å². The number of hydrogen-bond acceptors (Lipinski definition) is 6. The summed E-state index contributed by atoms with van der Waals surface area (Å²) < 4.78 is 5.33. The van der Waals surface area contributed by atoms with E-state index < -0.39 is 17.7 Å². The molecule has 7 nitrogen and oxygen atoms in total. The zero-order valence-electron chi connectivity index (χ0n) is 19.6. The van der Waals surface area contributed by atoms with Crippen LogP contribution < -0.4 is 16.0 Å². The average Bonchev–Trinajstić information content (AvgIpc) is 3.26. The monoisotopic (exact) mass is 466 g/mol. The van der Waals surface area contributed by atoms with Crippen molar-refractivity contribution in [3.63, 3.8) is 0 Å². The lowest BCUT2D eigenvalue weighted by Gasteiger charge is -2.23. The SMILES string of the molecule is CNc1nccc(-c2ccc(C(=O)NC(CNC(=O)OC(C)(C)C)c3ccccc3)s2)c1C. The number of anilines is 1. The maximum Gasteiger partial charge on any atom is 0.407 e. The van der Waals surface area contributed by atoms with Crippen LogP contribution in [0.25, 0.3) is 10.4 Å². The van der Waals surface area contributed by atoms with Crippen molar-refractivity contribution < 1.29 is 14.3 Å². The molecule has 0 radical (unpaired) electrons. The lowest BCUT2D eigenvalue weighted by Crippen LogP contribution is -2.40. The summed E-state index contributed by atoms with van der Waals surface area (Å²) in [5, 5.41) is 8.89. The van der Waals surface area contributed by atoms with Crippen LogP contribution in [0, 0.1) is 6.92 Å². The summed E-state index contributed by atoms with van der Waals surface area (Å²) >= 11 is 1.42. The normalized spacial score (nSPS) is 12.0. The second kappa shape index (κ2) is 10.5. The van der Waals surface area contributed by atoms with Gasteiger partial charge in [0.2, 0.25) is 0 Å². The van der Waals surface area contributed by atoms with Crippen molar-refractivity contribution in [3.8, 4) is 10.4 Å². The predicted molar refractivity (Wildman–Crippen MR) is 133 cm³/mol. The summed E-state index contributed by atoms with van der Waals surface area (Å²) in [6.07, 6.45) is 1.23. The van der Waals surface area contributed by atoms with E-state index in [0.717, 1.165) is 27.4 Å². The van der Waals surface area contributed by atoms with E-state index in [1.54, 1.807) is 27.0 Å². The number of rotatable bonds is 7. The smallest absolute Gasteiger partial charge is 0.407 e. The fourth-order valence-corrected chi connectivity index (χ4v) is 4.32. The minimum Gasteiger partial charge on any atom is -0.444 e. The van der Waals surface area contributed by atoms with Crippen molar-refractivity contribution in [2.75, 3.05) is 18.9 Å². The highest BCUT2D eigenvalue weighted by atomic mass is 32.1. The van der Waals surface area contributed by atoms with E-state index in [1.165, 1.54) is 11.3 Å². The van der Waals surface area contributed by atoms with Crippen molar-refractivity contribution in [1.82, 2.24) is 15.6 Å². The molecule has 3 N–H and O–H groups in total. The Morgan fingerprint density at radius 1 is 1.09 bits per heavy atom. The first-order valence-electron chi connectivity index (χ1n) is 10.7. The number of amides is 2. The Labute approximate surface area is 198 Å². The number of thiophene rings is 1. The molecular weight excluding hydrogens is 436 g/mol. The van der Waals surface area contributed by atoms with Gasteiger partial charge in [0.15, 0.2) is 0 Å². The molecule has 3 rings (SSSR count). The van der Waals surface area contributed by atoms with Crippen LogP contribution in [0.15, 0.2) is 54.7 Å². The van der Waals surface area contributed by atoms with E-state index in [-0.39, 0.29) is 12.5 Å². The van der Waals surface area contributed by atoms with E-state index in [1.807, 2.05) is 62.5 Å². The number of hydrogen-bond donors (Lipinski definition) is 3. The van der Waals surface area contributed by atoms with Crippen LogP contribution in [0.1, 0.15) is 47.6 Å². The second-order valence-corrected chi connectivity index (χ2v) is 9.65. The number of alkyl carbamates (subject to hydrolysis) is 1. The third kappa shape index (κ3) is 6.55. The van der Waals surface area contributed by atoms with E-state index in [2.05, 4.69) is 20.9 Å². The Morgan fingerprint density at radius 3 is 2.48 bits per heavy atom. The third-order valence-electron chi connectivity index (χ3n) is 4.89. The number of nitrogens with one attached hydrogen (secondary N) is 3. The van der Waals surface area contributed by atoms with Gasteiger partial charge in [-0.15, -0.1) is 11.3 Å². The standard InChI is InChI=1S/C25H30N4O3S/c1-16-18(13-14-27-22(16)26-5)20-11-12-21(33-20)23(30)29-19(17-9-7-6-8-10-17)15-28-24(31)32-25(2,3)4/h6-14,19H,15H2,1-5H3,(H,26,27)(H,28,31)(H,29,30). The minimum atomic E-state index is -0.596. The Balaban J connectivity index is 1.76. The zero-order valence-corrected chi connectivity index (χ0v) is 20.4. The number of aromatic nitrogens is 1. The molecule has 33 heavy (non-hydrogen) atoms. The molecule has 3 aromatic rings. The molecule has 1 unspecified atom stereocenters. The summed E-state index contributed by atoms with van der Waals surface area (Å²) in [6.45, 7) is 7.63. The van der Waals surface area contributed by atoms with Crippen LogP contribution in [0.3, 0.4) is 0 Å². The molecule has 2 aromatic heterocycles. The summed E-state index contributed by atoms with van der Waals surface area (Å²) in [5.41, 5.74) is 2.35. The van der Waals surface area contributed by atoms with Crippen molar-refractivity contribution in [2.45, 2.75) is 39.3 Å². The average molecular weight is 467 g/mol. The van der Waals surface area contributed by atoms with E-state index >= 15 is 0 Å². The fourth-order valence-electron chi connectivity index (χ4n) is 3.33. The fraction of sp³-hybridized carbons (Fsp3) is 0.320. The quantitative estimate of drug-likeness (QED) is 0.448. The van der Waals surface area contributed by atoms with Gasteiger partial charge in [-0.25, -0.2) is 9.78 Å². The van der Waals surface area contributed by atoms with Crippen molar-refractivity contribution >= 4 is 29.2 Å². The minimum absolute atomic E-state index is 0.202. The zero-order chi connectivity index (χ0) is 24.0. The highest BCUT2D eigenvalue weighted by molar-refractivity contribution is 7.17. The molecule has 0 aliphatic heterocycles. The molecule has 0 aliphatic carbocycles. The molecule has 1 aromatic carbocycles. The predicted octanol–water partition coefficient (Wildman–Crippen LogP) is 5.16. The van der Waals surface area contributed by atoms with Gasteiger partial charge >= 0.3 is 6.09 Å². The molecule has 2 amide bonds. The Hall–Kier alpha value is -3.39. The first kappa shape index (κ1) is 24.3. The topological polar surface area (TPSA) is 92.4 Å². The van der Waals surface area contributed by atoms with Crippen LogP contribution in [0.5, 0.6) is 0 Å². The number of pyridine rings is 1. The molecular formula is C25H30N4O3S. The summed E-state index contributed by atoms with van der Waals surface area (Å²) in [4.78, 5) is 31.1. The maximum atomic E-state index is 13.1. The van der Waals surface area contributed by atoms with Gasteiger partial charge in [0.25, 0.3) is 5.91 Å². The van der Waals surface area contributed by atoms with Gasteiger partial charge < -0.3 is 20.7 Å². The van der Waals surface area contributed by atoms with Gasteiger partial charge in [-0.3, -0.25) is 4.79 Å². The van der Waals surface area contributed by atoms with E-state index in [0.29, 0.717) is 4.88 Å². The Morgan fingerprint density at radius 2 is 1.82 bits per heavy atom. The molecule has 0 saturated heterocycles. The van der Waals surface area contributed by atoms with E-state index in [4.69, 9.17) is 4.74 Å². The van der Waals surface area contributed by atoms with Crippen LogP contribution >= 0.6 is 11.3 Å². The molecule has 0 aliphatic rings. The van der Waals surface area contributed by atoms with Gasteiger partial charge in [-0.05, 0) is 62.6 Å². The van der Waals surface area contributed by atoms with Crippen molar-refractivity contribution in [2.24, 2.45) is 0 Å². The van der Waals surface area contributed by atoms with Gasteiger partial charge in [-0.2, -0.15) is 0 Å². The molecule has 0 fully saturated rings. The highest BCUT2D eigenvalue weighted by Gasteiger charge is 2.21. The van der Waals surface area contributed by atoms with Crippen LogP contribution in [-0.4, -0.2) is 36.2 Å². The Bertz CT molecular complexity index is 1110. The molecule has 0 bridgehead atoms. The third-order valence-corrected chi connectivity index (χ3v) is 6.01. The lowest BCUT2D eigenvalue weighted by molar-refractivity contribution is 0.0520. The van der Waals surface area contributed by atoms with Gasteiger partial charge in [0.1, 0.15) is 11.4 Å². The first-order chi connectivity index (χ1) is 15.7. The number of carbonyl (C=O) groups is 2. The summed E-state index contributed by atoms with van der Waals surface area (Å²) in [7, 11) is 1.83. The molecule has 2 heterocycles. The number of carbonyl (C=O) groups excluding carboxylic acids is 2. The lowest BCUT2D eigenvalue weighted by atomic mass is 10.1. The van der Waals surface area contributed by atoms with Gasteiger partial charge in [0, 0.05) is 24.7 Å². The highest BCUT2D eigenvalue weighted by Crippen LogP contribution is 2.32. The van der Waals surface area contributed by atoms with Crippen LogP contribution in [-0.2, 0) is 4.74 Å². The van der Waals surface area contributed by atoms with Crippen LogP contribution in [0.4, 0.5) is 10.6 Å². The molecule has 0 saturated carbocycles. The van der Waals surface area contributed by atoms with Gasteiger partial charge in [-0.1, -0.05) is 30.3 Å². The second-order valence-electron chi connectivity index (χ2n) is 8.57. The number of benzene rings is 1. The van der Waals surface area contributed by atoms with Crippen molar-refractivity contribution in [3.05, 3.63) is 70.7 Å². The number of nitrogens with zero attached hydrogens (tertiary/aromatic N) is 1. The molecule has 0 spiro atoms. The Kier molecular flexibility index (Phi) is 7.71. The summed E-state index contributed by atoms with van der Waals surface area (Å²) in [5.74, 6) is 0.607. The van der Waals surface area contributed by atoms with Gasteiger partial charge in [0.05, 0.1) is 10.9 Å². The number of ether oxygens (including phenoxy) is 1. The maximum absolute atomic E-state index is 13.1. The largest absolute Gasteiger partial charge is 0.444 e. The van der Waals surface area contributed by atoms with Crippen LogP contribution in [0.2, 0.25) is 0 Å². The molecule has 174 valence electrons. The first-order valence-corrected chi connectivity index (χ1v) is 11.6. The summed E-state index contributed by atoms with van der Waals surface area (Å²) in [6, 6.07) is 14.8. The molecule has 1 atom stereocenters. The van der Waals surface area contributed by atoms with E-state index in [9.17, 15) is 9.59 Å². The molecule has 8 heteroatoms.